The van der Waals surface area contributed by atoms with Gasteiger partial charge in [0, 0.05) is 31.1 Å². The molecular weight excluding hydrogens is 352 g/mol. The lowest BCUT2D eigenvalue weighted by Crippen LogP contribution is -2.49. The molecule has 5 heteroatoms. The van der Waals surface area contributed by atoms with Crippen LogP contribution in [-0.4, -0.2) is 49.5 Å². The van der Waals surface area contributed by atoms with Crippen molar-refractivity contribution in [2.24, 2.45) is 5.73 Å². The van der Waals surface area contributed by atoms with E-state index in [0.717, 1.165) is 31.7 Å². The van der Waals surface area contributed by atoms with Gasteiger partial charge in [0.25, 0.3) is 0 Å². The molecule has 3 N–H and O–H groups in total. The van der Waals surface area contributed by atoms with Crippen LogP contribution in [0.5, 0.6) is 11.5 Å². The van der Waals surface area contributed by atoms with Crippen LogP contribution in [0.1, 0.15) is 40.6 Å². The fraction of sp³-hybridized carbons (Fsp3) is 0.478. The molecule has 3 atom stereocenters. The van der Waals surface area contributed by atoms with Crippen LogP contribution < -0.4 is 15.2 Å². The van der Waals surface area contributed by atoms with Gasteiger partial charge in [-0.1, -0.05) is 29.8 Å². The van der Waals surface area contributed by atoms with Gasteiger partial charge in [-0.15, -0.1) is 0 Å². The molecular formula is C23H30N2O3. The summed E-state index contributed by atoms with van der Waals surface area (Å²) in [7, 11) is 1.66. The van der Waals surface area contributed by atoms with E-state index < -0.39 is 0 Å². The second-order valence-corrected chi connectivity index (χ2v) is 7.95. The van der Waals surface area contributed by atoms with Gasteiger partial charge in [0.05, 0.1) is 13.7 Å². The third-order valence-corrected chi connectivity index (χ3v) is 6.16. The minimum Gasteiger partial charge on any atom is -0.493 e. The summed E-state index contributed by atoms with van der Waals surface area (Å²) in [6.45, 7) is 4.42. The molecule has 1 fully saturated rings. The second kappa shape index (κ2) is 8.11. The van der Waals surface area contributed by atoms with Crippen molar-refractivity contribution in [3.63, 3.8) is 0 Å². The number of nitrogens with two attached hydrogens (primary N) is 1. The highest BCUT2D eigenvalue weighted by Crippen LogP contribution is 2.44. The van der Waals surface area contributed by atoms with Crippen molar-refractivity contribution in [3.8, 4) is 11.5 Å². The fourth-order valence-corrected chi connectivity index (χ4v) is 4.75. The highest BCUT2D eigenvalue weighted by Gasteiger charge is 2.38. The van der Waals surface area contributed by atoms with Gasteiger partial charge in [-0.2, -0.15) is 0 Å². The second-order valence-electron chi connectivity index (χ2n) is 7.95. The number of benzene rings is 2. The molecule has 0 spiro atoms. The first kappa shape index (κ1) is 19.2. The Balaban J connectivity index is 1.61. The smallest absolute Gasteiger partial charge is 0.161 e. The summed E-state index contributed by atoms with van der Waals surface area (Å²) in [6, 6.07) is 13.4. The van der Waals surface area contributed by atoms with Crippen molar-refractivity contribution < 1.29 is 14.6 Å². The van der Waals surface area contributed by atoms with E-state index in [9.17, 15) is 0 Å². The normalized spacial score (nSPS) is 24.4. The average Bonchev–Trinajstić information content (AvgIpc) is 2.71. The molecule has 28 heavy (non-hydrogen) atoms. The van der Waals surface area contributed by atoms with Gasteiger partial charge >= 0.3 is 0 Å². The van der Waals surface area contributed by atoms with Gasteiger partial charge < -0.3 is 20.3 Å². The molecule has 0 radical (unpaired) electrons. The molecule has 0 bridgehead atoms. The minimum absolute atomic E-state index is 0.00809. The van der Waals surface area contributed by atoms with Crippen molar-refractivity contribution >= 4 is 0 Å². The largest absolute Gasteiger partial charge is 0.493 e. The SMILES string of the molecule is COc1cc2c(cc1OCCO)CCN1C[C@@H](c3cccc(C)c3)[C@H](N)C[C@H]21. The number of nitrogens with zero attached hydrogens (tertiary/aromatic N) is 1. The zero-order chi connectivity index (χ0) is 19.7. The maximum absolute atomic E-state index is 9.06. The monoisotopic (exact) mass is 382 g/mol. The van der Waals surface area contributed by atoms with Crippen LogP contribution >= 0.6 is 0 Å². The van der Waals surface area contributed by atoms with Crippen molar-refractivity contribution in [2.45, 2.75) is 37.8 Å². The lowest BCUT2D eigenvalue weighted by molar-refractivity contribution is 0.109. The van der Waals surface area contributed by atoms with E-state index in [1.54, 1.807) is 7.11 Å². The molecule has 5 nitrogen and oxygen atoms in total. The lowest BCUT2D eigenvalue weighted by atomic mass is 9.78. The van der Waals surface area contributed by atoms with E-state index in [-0.39, 0.29) is 19.3 Å². The van der Waals surface area contributed by atoms with Crippen LogP contribution in [0.2, 0.25) is 0 Å². The number of piperidine rings is 1. The summed E-state index contributed by atoms with van der Waals surface area (Å²) in [5.41, 5.74) is 11.9. The standard InChI is InChI=1S/C23H30N2O3/c1-15-4-3-5-16(10-15)19-14-25-7-6-17-11-23(28-9-8-26)22(27-2)12-18(17)21(25)13-20(19)24/h3-5,10-12,19-21,26H,6-9,13-14,24H2,1-2H3/t19-,20+,21+/m0/s1. The van der Waals surface area contributed by atoms with Crippen molar-refractivity contribution in [1.82, 2.24) is 4.90 Å². The maximum atomic E-state index is 9.06. The molecule has 0 aromatic heterocycles. The molecule has 0 amide bonds. The molecule has 0 unspecified atom stereocenters. The summed E-state index contributed by atoms with van der Waals surface area (Å²) in [6.07, 6.45) is 1.92. The Bertz CT molecular complexity index is 839. The van der Waals surface area contributed by atoms with Crippen LogP contribution in [0.25, 0.3) is 0 Å². The number of fused-ring (bicyclic) bond motifs is 3. The maximum Gasteiger partial charge on any atom is 0.161 e. The minimum atomic E-state index is -0.00809. The van der Waals surface area contributed by atoms with Crippen LogP contribution in [0.3, 0.4) is 0 Å². The number of aliphatic hydroxyl groups excluding tert-OH is 1. The first-order chi connectivity index (χ1) is 13.6. The number of hydrogen-bond acceptors (Lipinski definition) is 5. The average molecular weight is 383 g/mol. The van der Waals surface area contributed by atoms with Gasteiger partial charge in [-0.3, -0.25) is 4.90 Å². The third kappa shape index (κ3) is 3.62. The van der Waals surface area contributed by atoms with Gasteiger partial charge in [-0.05, 0) is 48.6 Å². The zero-order valence-electron chi connectivity index (χ0n) is 16.7. The summed E-state index contributed by atoms with van der Waals surface area (Å²) >= 11 is 0. The number of hydrogen-bond donors (Lipinski definition) is 2. The molecule has 2 aliphatic heterocycles. The lowest BCUT2D eigenvalue weighted by Gasteiger charge is -2.46. The molecule has 150 valence electrons. The van der Waals surface area contributed by atoms with Crippen molar-refractivity contribution in [1.29, 1.82) is 0 Å². The Labute approximate surface area is 167 Å². The Morgan fingerprint density at radius 2 is 2.07 bits per heavy atom. The summed E-state index contributed by atoms with van der Waals surface area (Å²) in [5.74, 6) is 1.80. The molecule has 0 aliphatic carbocycles. The van der Waals surface area contributed by atoms with E-state index in [1.165, 1.54) is 22.3 Å². The Kier molecular flexibility index (Phi) is 5.58. The first-order valence-corrected chi connectivity index (χ1v) is 10.1. The summed E-state index contributed by atoms with van der Waals surface area (Å²) in [5, 5.41) is 9.06. The molecule has 2 aromatic carbocycles. The number of rotatable bonds is 5. The van der Waals surface area contributed by atoms with Gasteiger partial charge in [0.1, 0.15) is 6.61 Å². The van der Waals surface area contributed by atoms with E-state index in [2.05, 4.69) is 48.2 Å². The predicted molar refractivity (Wildman–Crippen MR) is 110 cm³/mol. The fourth-order valence-electron chi connectivity index (χ4n) is 4.75. The highest BCUT2D eigenvalue weighted by molar-refractivity contribution is 5.50. The number of methoxy groups -OCH3 is 1. The molecule has 1 saturated heterocycles. The van der Waals surface area contributed by atoms with E-state index in [4.69, 9.17) is 20.3 Å². The van der Waals surface area contributed by atoms with E-state index in [0.29, 0.717) is 17.7 Å². The summed E-state index contributed by atoms with van der Waals surface area (Å²) in [4.78, 5) is 2.58. The van der Waals surface area contributed by atoms with Crippen LogP contribution in [0.4, 0.5) is 0 Å². The van der Waals surface area contributed by atoms with Gasteiger partial charge in [-0.25, -0.2) is 0 Å². The van der Waals surface area contributed by atoms with Gasteiger partial charge in [0.2, 0.25) is 0 Å². The number of ether oxygens (including phenoxy) is 2. The van der Waals surface area contributed by atoms with Gasteiger partial charge in [0.15, 0.2) is 11.5 Å². The molecule has 2 aliphatic rings. The van der Waals surface area contributed by atoms with E-state index >= 15 is 0 Å². The van der Waals surface area contributed by atoms with Crippen LogP contribution in [-0.2, 0) is 6.42 Å². The zero-order valence-corrected chi connectivity index (χ0v) is 16.7. The quantitative estimate of drug-likeness (QED) is 0.832. The molecule has 4 rings (SSSR count). The van der Waals surface area contributed by atoms with Crippen LogP contribution in [0, 0.1) is 6.92 Å². The number of aryl methyl sites for hydroxylation is 1. The van der Waals surface area contributed by atoms with Crippen molar-refractivity contribution in [2.75, 3.05) is 33.4 Å². The topological polar surface area (TPSA) is 68.0 Å². The summed E-state index contributed by atoms with van der Waals surface area (Å²) < 4.78 is 11.2. The molecule has 0 saturated carbocycles. The predicted octanol–water partition coefficient (Wildman–Crippen LogP) is 2.79. The Hall–Kier alpha value is -2.08. The highest BCUT2D eigenvalue weighted by atomic mass is 16.5. The molecule has 2 aromatic rings. The Morgan fingerprint density at radius 3 is 2.82 bits per heavy atom. The van der Waals surface area contributed by atoms with Crippen LogP contribution in [0.15, 0.2) is 36.4 Å². The van der Waals surface area contributed by atoms with E-state index in [1.807, 2.05) is 0 Å². The first-order valence-electron chi connectivity index (χ1n) is 10.1. The Morgan fingerprint density at radius 1 is 1.21 bits per heavy atom. The van der Waals surface area contributed by atoms with Crippen molar-refractivity contribution in [3.05, 3.63) is 58.7 Å². The molecule has 2 heterocycles. The third-order valence-electron chi connectivity index (χ3n) is 6.16. The number of aliphatic hydroxyl groups is 1.